The van der Waals surface area contributed by atoms with Crippen LogP contribution < -0.4 is 16.1 Å². The van der Waals surface area contributed by atoms with Gasteiger partial charge in [-0.2, -0.15) is 9.61 Å². The first kappa shape index (κ1) is 24.7. The number of fused-ring (bicyclic) bond motifs is 2. The lowest BCUT2D eigenvalue weighted by Crippen LogP contribution is -2.14. The number of hydrogen-bond acceptors (Lipinski definition) is 4. The highest BCUT2D eigenvalue weighted by molar-refractivity contribution is 6.36. The fourth-order valence-corrected chi connectivity index (χ4v) is 4.93. The number of amides is 1. The lowest BCUT2D eigenvalue weighted by molar-refractivity contribution is -0.115. The minimum absolute atomic E-state index is 0.0531. The number of halogens is 1. The van der Waals surface area contributed by atoms with E-state index in [4.69, 9.17) is 16.6 Å². The molecule has 190 valence electrons. The molecule has 2 aromatic heterocycles. The molecule has 8 heteroatoms. The van der Waals surface area contributed by atoms with Crippen LogP contribution in [-0.2, 0) is 17.8 Å². The van der Waals surface area contributed by atoms with Crippen LogP contribution in [0, 0.1) is 0 Å². The normalized spacial score (nSPS) is 11.1. The molecular weight excluding hydrogens is 505 g/mol. The van der Waals surface area contributed by atoms with Gasteiger partial charge in [0.2, 0.25) is 5.91 Å². The van der Waals surface area contributed by atoms with Crippen LogP contribution in [0.3, 0.4) is 0 Å². The van der Waals surface area contributed by atoms with E-state index in [0.717, 1.165) is 55.8 Å². The third kappa shape index (κ3) is 5.35. The molecule has 0 bridgehead atoms. The predicted octanol–water partition coefficient (Wildman–Crippen LogP) is 5.25. The van der Waals surface area contributed by atoms with E-state index in [1.54, 1.807) is 10.7 Å². The van der Waals surface area contributed by atoms with Crippen molar-refractivity contribution in [1.82, 2.24) is 14.6 Å². The Hall–Kier alpha value is -4.62. The molecule has 6 nitrogen and oxygen atoms in total. The molecule has 0 aliphatic carbocycles. The molecular formula is C31H25BClN5O. The minimum atomic E-state index is -0.0531. The van der Waals surface area contributed by atoms with Gasteiger partial charge in [0.15, 0.2) is 5.65 Å². The number of anilines is 2. The largest absolute Gasteiger partial charge is 0.366 e. The number of hydrogen-bond donors (Lipinski definition) is 2. The van der Waals surface area contributed by atoms with Gasteiger partial charge in [0, 0.05) is 35.1 Å². The molecule has 2 N–H and O–H groups in total. The van der Waals surface area contributed by atoms with Crippen molar-refractivity contribution >= 4 is 58.7 Å². The SMILES string of the molecule is Bc1cnn2c(NCc3cccc(NC(=O)Cc4ccc5ccccc5c4)c3)cc(-c3ccccc3Cl)nc12. The Kier molecular flexibility index (Phi) is 6.74. The maximum atomic E-state index is 12.8. The number of rotatable bonds is 7. The van der Waals surface area contributed by atoms with Gasteiger partial charge >= 0.3 is 0 Å². The Labute approximate surface area is 232 Å². The van der Waals surface area contributed by atoms with Crippen molar-refractivity contribution < 1.29 is 4.79 Å². The second kappa shape index (κ2) is 10.6. The zero-order valence-corrected chi connectivity index (χ0v) is 22.1. The van der Waals surface area contributed by atoms with Crippen molar-refractivity contribution in [2.24, 2.45) is 0 Å². The summed E-state index contributed by atoms with van der Waals surface area (Å²) in [5, 5.41) is 14.0. The molecule has 6 aromatic rings. The molecule has 6 rings (SSSR count). The summed E-state index contributed by atoms with van der Waals surface area (Å²) in [6, 6.07) is 31.8. The van der Waals surface area contributed by atoms with Gasteiger partial charge in [0.25, 0.3) is 0 Å². The Morgan fingerprint density at radius 3 is 2.56 bits per heavy atom. The van der Waals surface area contributed by atoms with Gasteiger partial charge < -0.3 is 10.6 Å². The van der Waals surface area contributed by atoms with Gasteiger partial charge in [-0.15, -0.1) is 0 Å². The fourth-order valence-electron chi connectivity index (χ4n) is 4.70. The molecule has 1 amide bonds. The van der Waals surface area contributed by atoms with Gasteiger partial charge in [0.05, 0.1) is 12.1 Å². The van der Waals surface area contributed by atoms with E-state index in [1.165, 1.54) is 0 Å². The van der Waals surface area contributed by atoms with Gasteiger partial charge in [-0.25, -0.2) is 4.98 Å². The highest BCUT2D eigenvalue weighted by Gasteiger charge is 2.13. The van der Waals surface area contributed by atoms with Crippen LogP contribution in [0.25, 0.3) is 27.7 Å². The number of benzene rings is 4. The molecule has 0 radical (unpaired) electrons. The third-order valence-electron chi connectivity index (χ3n) is 6.66. The van der Waals surface area contributed by atoms with Crippen molar-refractivity contribution in [3.8, 4) is 11.3 Å². The minimum Gasteiger partial charge on any atom is -0.366 e. The second-order valence-electron chi connectivity index (χ2n) is 9.53. The van der Waals surface area contributed by atoms with E-state index in [-0.39, 0.29) is 5.91 Å². The molecule has 0 aliphatic heterocycles. The lowest BCUT2D eigenvalue weighted by atomic mass is 10.0. The topological polar surface area (TPSA) is 71.3 Å². The summed E-state index contributed by atoms with van der Waals surface area (Å²) >= 11 is 6.47. The lowest BCUT2D eigenvalue weighted by Gasteiger charge is -2.13. The second-order valence-corrected chi connectivity index (χ2v) is 9.94. The van der Waals surface area contributed by atoms with Gasteiger partial charge in [0.1, 0.15) is 13.7 Å². The van der Waals surface area contributed by atoms with Crippen LogP contribution in [0.2, 0.25) is 5.02 Å². The van der Waals surface area contributed by atoms with Crippen molar-refractivity contribution in [2.75, 3.05) is 10.6 Å². The van der Waals surface area contributed by atoms with E-state index in [1.807, 2.05) is 80.6 Å². The molecule has 0 atom stereocenters. The van der Waals surface area contributed by atoms with Crippen LogP contribution in [0.15, 0.2) is 103 Å². The number of nitrogens with zero attached hydrogens (tertiary/aromatic N) is 3. The summed E-state index contributed by atoms with van der Waals surface area (Å²) in [4.78, 5) is 17.6. The molecule has 0 spiro atoms. The number of carbonyl (C=O) groups excluding carboxylic acids is 1. The molecule has 39 heavy (non-hydrogen) atoms. The summed E-state index contributed by atoms with van der Waals surface area (Å²) < 4.78 is 1.80. The maximum absolute atomic E-state index is 12.8. The summed E-state index contributed by atoms with van der Waals surface area (Å²) in [6.07, 6.45) is 2.11. The first-order valence-electron chi connectivity index (χ1n) is 12.7. The standard InChI is InChI=1S/C31H25BClN5O/c32-26-19-35-38-29(17-28(37-31(26)38)25-10-3-4-11-27(25)33)34-18-21-6-5-9-24(15-21)36-30(39)16-20-12-13-22-7-1-2-8-23(22)14-20/h1-15,17,19,34H,16,18,32H2,(H,36,39). The summed E-state index contributed by atoms with van der Waals surface area (Å²) in [5.41, 5.74) is 6.14. The highest BCUT2D eigenvalue weighted by atomic mass is 35.5. The first-order valence-corrected chi connectivity index (χ1v) is 13.1. The molecule has 0 unspecified atom stereocenters. The van der Waals surface area contributed by atoms with E-state index < -0.39 is 0 Å². The van der Waals surface area contributed by atoms with Crippen molar-refractivity contribution in [2.45, 2.75) is 13.0 Å². The predicted molar refractivity (Wildman–Crippen MR) is 162 cm³/mol. The first-order chi connectivity index (χ1) is 19.0. The van der Waals surface area contributed by atoms with Crippen LogP contribution in [0.4, 0.5) is 11.5 Å². The number of nitrogens with one attached hydrogen (secondary N) is 2. The Morgan fingerprint density at radius 1 is 0.872 bits per heavy atom. The Balaban J connectivity index is 1.18. The smallest absolute Gasteiger partial charge is 0.228 e. The van der Waals surface area contributed by atoms with Gasteiger partial charge in [-0.3, -0.25) is 4.79 Å². The molecule has 2 heterocycles. The van der Waals surface area contributed by atoms with Crippen LogP contribution in [0.1, 0.15) is 11.1 Å². The Bertz CT molecular complexity index is 1830. The molecule has 4 aromatic carbocycles. The Morgan fingerprint density at radius 2 is 1.69 bits per heavy atom. The highest BCUT2D eigenvalue weighted by Crippen LogP contribution is 2.28. The van der Waals surface area contributed by atoms with Gasteiger partial charge in [-0.1, -0.05) is 84.4 Å². The van der Waals surface area contributed by atoms with Crippen molar-refractivity contribution in [3.05, 3.63) is 119 Å². The average molecular weight is 530 g/mol. The van der Waals surface area contributed by atoms with E-state index in [9.17, 15) is 4.79 Å². The monoisotopic (exact) mass is 529 g/mol. The molecule has 0 saturated heterocycles. The molecule has 0 aliphatic rings. The quantitative estimate of drug-likeness (QED) is 0.277. The average Bonchev–Trinajstić information content (AvgIpc) is 3.32. The van der Waals surface area contributed by atoms with Gasteiger partial charge in [-0.05, 0) is 45.6 Å². The van der Waals surface area contributed by atoms with E-state index in [0.29, 0.717) is 18.0 Å². The number of carbonyl (C=O) groups is 1. The zero-order valence-electron chi connectivity index (χ0n) is 21.4. The zero-order chi connectivity index (χ0) is 26.8. The number of aromatic nitrogens is 3. The van der Waals surface area contributed by atoms with Crippen LogP contribution in [-0.4, -0.2) is 28.4 Å². The summed E-state index contributed by atoms with van der Waals surface area (Å²) in [5.74, 6) is 0.747. The van der Waals surface area contributed by atoms with Crippen molar-refractivity contribution in [3.63, 3.8) is 0 Å². The summed E-state index contributed by atoms with van der Waals surface area (Å²) in [7, 11) is 1.99. The van der Waals surface area contributed by atoms with E-state index >= 15 is 0 Å². The van der Waals surface area contributed by atoms with Crippen molar-refractivity contribution in [1.29, 1.82) is 0 Å². The maximum Gasteiger partial charge on any atom is 0.228 e. The summed E-state index contributed by atoms with van der Waals surface area (Å²) in [6.45, 7) is 0.536. The fraction of sp³-hybridized carbons (Fsp3) is 0.0645. The van der Waals surface area contributed by atoms with Crippen LogP contribution in [0.5, 0.6) is 0 Å². The van der Waals surface area contributed by atoms with E-state index in [2.05, 4.69) is 40.0 Å². The van der Waals surface area contributed by atoms with Crippen LogP contribution >= 0.6 is 11.6 Å². The molecule has 0 saturated carbocycles. The third-order valence-corrected chi connectivity index (χ3v) is 6.99. The molecule has 0 fully saturated rings.